The minimum absolute atomic E-state index is 0.171. The molecular formula is C13H15BrFNO2. The molecule has 0 bridgehead atoms. The number of carboxylic acids is 1. The summed E-state index contributed by atoms with van der Waals surface area (Å²) in [6.45, 7) is 1.62. The van der Waals surface area contributed by atoms with Gasteiger partial charge >= 0.3 is 5.97 Å². The highest BCUT2D eigenvalue weighted by Gasteiger charge is 2.33. The number of carboxylic acid groups (broad SMARTS) is 1. The largest absolute Gasteiger partial charge is 0.480 e. The summed E-state index contributed by atoms with van der Waals surface area (Å²) in [6, 6.07) is 4.71. The zero-order chi connectivity index (χ0) is 13.3. The first-order chi connectivity index (χ1) is 8.47. The second-order valence-electron chi connectivity index (χ2n) is 4.76. The molecule has 0 saturated heterocycles. The number of carbonyl (C=O) groups is 1. The Morgan fingerprint density at radius 3 is 2.78 bits per heavy atom. The van der Waals surface area contributed by atoms with Crippen molar-refractivity contribution in [2.24, 2.45) is 0 Å². The number of benzene rings is 1. The van der Waals surface area contributed by atoms with E-state index in [-0.39, 0.29) is 17.8 Å². The van der Waals surface area contributed by atoms with Gasteiger partial charge < -0.3 is 10.4 Å². The quantitative estimate of drug-likeness (QED) is 0.898. The first-order valence-corrected chi connectivity index (χ1v) is 6.70. The minimum atomic E-state index is -0.853. The van der Waals surface area contributed by atoms with Gasteiger partial charge in [-0.2, -0.15) is 0 Å². The number of rotatable bonds is 4. The van der Waals surface area contributed by atoms with Gasteiger partial charge in [0.1, 0.15) is 11.9 Å². The predicted octanol–water partition coefficient (Wildman–Crippen LogP) is 2.90. The Morgan fingerprint density at radius 1 is 1.56 bits per heavy atom. The van der Waals surface area contributed by atoms with Gasteiger partial charge in [-0.15, -0.1) is 0 Å². The van der Waals surface area contributed by atoms with Gasteiger partial charge in [0.15, 0.2) is 0 Å². The number of hydrogen-bond donors (Lipinski definition) is 2. The normalized spacial score (nSPS) is 24.4. The highest BCUT2D eigenvalue weighted by atomic mass is 79.9. The van der Waals surface area contributed by atoms with Gasteiger partial charge in [0.25, 0.3) is 0 Å². The van der Waals surface area contributed by atoms with Crippen LogP contribution in [-0.2, 0) is 4.79 Å². The van der Waals surface area contributed by atoms with Crippen molar-refractivity contribution in [3.63, 3.8) is 0 Å². The summed E-state index contributed by atoms with van der Waals surface area (Å²) in [7, 11) is 0. The molecule has 0 amide bonds. The molecule has 18 heavy (non-hydrogen) atoms. The Kier molecular flexibility index (Phi) is 4.02. The van der Waals surface area contributed by atoms with Gasteiger partial charge in [-0.3, -0.25) is 4.79 Å². The number of hydrogen-bond acceptors (Lipinski definition) is 2. The molecule has 1 aliphatic rings. The van der Waals surface area contributed by atoms with Crippen molar-refractivity contribution in [3.8, 4) is 0 Å². The molecule has 1 saturated carbocycles. The van der Waals surface area contributed by atoms with E-state index in [4.69, 9.17) is 5.11 Å². The Hall–Kier alpha value is -0.940. The molecule has 3 nitrogen and oxygen atoms in total. The molecule has 1 fully saturated rings. The van der Waals surface area contributed by atoms with Crippen LogP contribution in [0, 0.1) is 5.82 Å². The number of halogens is 2. The van der Waals surface area contributed by atoms with E-state index in [1.54, 1.807) is 13.0 Å². The number of aliphatic carboxylic acids is 1. The van der Waals surface area contributed by atoms with Crippen LogP contribution in [-0.4, -0.2) is 23.2 Å². The molecule has 0 aliphatic heterocycles. The fraction of sp³-hybridized carbons (Fsp3) is 0.462. The Morgan fingerprint density at radius 2 is 2.22 bits per heavy atom. The van der Waals surface area contributed by atoms with Gasteiger partial charge in [0.05, 0.1) is 0 Å². The lowest BCUT2D eigenvalue weighted by molar-refractivity contribution is -0.139. The van der Waals surface area contributed by atoms with E-state index in [0.717, 1.165) is 22.9 Å². The monoisotopic (exact) mass is 315 g/mol. The lowest BCUT2D eigenvalue weighted by Gasteiger charge is -2.37. The van der Waals surface area contributed by atoms with Crippen molar-refractivity contribution >= 4 is 21.9 Å². The SMILES string of the molecule is C[C@H](NC1CC(c2ccc(Br)cc2F)C1)C(=O)O. The highest BCUT2D eigenvalue weighted by molar-refractivity contribution is 9.10. The molecule has 1 aliphatic carbocycles. The van der Waals surface area contributed by atoms with Crippen LogP contribution in [0.15, 0.2) is 22.7 Å². The van der Waals surface area contributed by atoms with Crippen LogP contribution < -0.4 is 5.32 Å². The molecule has 0 spiro atoms. The topological polar surface area (TPSA) is 49.3 Å². The van der Waals surface area contributed by atoms with Crippen LogP contribution in [0.5, 0.6) is 0 Å². The van der Waals surface area contributed by atoms with E-state index >= 15 is 0 Å². The van der Waals surface area contributed by atoms with Gasteiger partial charge in [-0.1, -0.05) is 22.0 Å². The second-order valence-corrected chi connectivity index (χ2v) is 5.67. The van der Waals surface area contributed by atoms with Crippen molar-refractivity contribution in [1.29, 1.82) is 0 Å². The maximum atomic E-state index is 13.7. The maximum absolute atomic E-state index is 13.7. The van der Waals surface area contributed by atoms with E-state index in [0.29, 0.717) is 0 Å². The highest BCUT2D eigenvalue weighted by Crippen LogP contribution is 2.38. The maximum Gasteiger partial charge on any atom is 0.320 e. The van der Waals surface area contributed by atoms with Crippen LogP contribution in [0.3, 0.4) is 0 Å². The van der Waals surface area contributed by atoms with Crippen molar-refractivity contribution in [2.45, 2.75) is 37.8 Å². The fourth-order valence-corrected chi connectivity index (χ4v) is 2.60. The summed E-state index contributed by atoms with van der Waals surface area (Å²) in [5.41, 5.74) is 0.722. The van der Waals surface area contributed by atoms with E-state index in [1.807, 2.05) is 6.07 Å². The van der Waals surface area contributed by atoms with Gasteiger partial charge in [-0.25, -0.2) is 4.39 Å². The van der Waals surface area contributed by atoms with Gasteiger partial charge in [-0.05, 0) is 43.4 Å². The van der Waals surface area contributed by atoms with Crippen molar-refractivity contribution in [2.75, 3.05) is 0 Å². The molecule has 2 rings (SSSR count). The summed E-state index contributed by atoms with van der Waals surface area (Å²) >= 11 is 3.23. The molecule has 0 radical (unpaired) electrons. The third-order valence-electron chi connectivity index (χ3n) is 3.40. The Labute approximate surface area is 114 Å². The van der Waals surface area contributed by atoms with Crippen molar-refractivity contribution in [3.05, 3.63) is 34.1 Å². The first-order valence-electron chi connectivity index (χ1n) is 5.91. The minimum Gasteiger partial charge on any atom is -0.480 e. The van der Waals surface area contributed by atoms with Crippen LogP contribution >= 0.6 is 15.9 Å². The van der Waals surface area contributed by atoms with Crippen LogP contribution in [0.1, 0.15) is 31.2 Å². The molecule has 0 heterocycles. The lowest BCUT2D eigenvalue weighted by Crippen LogP contribution is -2.47. The third kappa shape index (κ3) is 2.90. The molecule has 2 N–H and O–H groups in total. The second kappa shape index (κ2) is 5.36. The van der Waals surface area contributed by atoms with E-state index in [2.05, 4.69) is 21.2 Å². The molecule has 1 atom stereocenters. The Bertz CT molecular complexity index is 460. The summed E-state index contributed by atoms with van der Waals surface area (Å²) in [4.78, 5) is 10.7. The molecule has 0 unspecified atom stereocenters. The number of nitrogens with one attached hydrogen (secondary N) is 1. The lowest BCUT2D eigenvalue weighted by atomic mass is 9.75. The molecule has 1 aromatic carbocycles. The summed E-state index contributed by atoms with van der Waals surface area (Å²) in [6.07, 6.45) is 1.58. The molecule has 5 heteroatoms. The van der Waals surface area contributed by atoms with E-state index in [1.165, 1.54) is 6.07 Å². The summed E-state index contributed by atoms with van der Waals surface area (Å²) < 4.78 is 14.4. The van der Waals surface area contributed by atoms with Crippen molar-refractivity contribution in [1.82, 2.24) is 5.32 Å². The smallest absolute Gasteiger partial charge is 0.320 e. The molecular weight excluding hydrogens is 301 g/mol. The average molecular weight is 316 g/mol. The molecule has 1 aromatic rings. The molecule has 0 aromatic heterocycles. The van der Waals surface area contributed by atoms with Crippen LogP contribution in [0.2, 0.25) is 0 Å². The standard InChI is InChI=1S/C13H15BrFNO2/c1-7(13(17)18)16-10-4-8(5-10)11-3-2-9(14)6-12(11)15/h2-3,6-8,10,16H,4-5H2,1H3,(H,17,18)/t7-,8?,10?/m0/s1. The fourth-order valence-electron chi connectivity index (χ4n) is 2.27. The zero-order valence-electron chi connectivity index (χ0n) is 9.99. The van der Waals surface area contributed by atoms with E-state index < -0.39 is 12.0 Å². The van der Waals surface area contributed by atoms with Crippen molar-refractivity contribution < 1.29 is 14.3 Å². The first kappa shape index (κ1) is 13.5. The summed E-state index contributed by atoms with van der Waals surface area (Å²) in [5, 5.41) is 11.8. The average Bonchev–Trinajstić information content (AvgIpc) is 2.23. The predicted molar refractivity (Wildman–Crippen MR) is 70.1 cm³/mol. The van der Waals surface area contributed by atoms with Gasteiger partial charge in [0, 0.05) is 10.5 Å². The third-order valence-corrected chi connectivity index (χ3v) is 3.89. The van der Waals surface area contributed by atoms with Crippen LogP contribution in [0.4, 0.5) is 4.39 Å². The Balaban J connectivity index is 1.91. The zero-order valence-corrected chi connectivity index (χ0v) is 11.6. The summed E-state index contributed by atoms with van der Waals surface area (Å²) in [5.74, 6) is -0.857. The van der Waals surface area contributed by atoms with Gasteiger partial charge in [0.2, 0.25) is 0 Å². The van der Waals surface area contributed by atoms with Crippen LogP contribution in [0.25, 0.3) is 0 Å². The molecule has 98 valence electrons. The van der Waals surface area contributed by atoms with E-state index in [9.17, 15) is 9.18 Å².